The first-order valence-electron chi connectivity index (χ1n) is 15.6. The number of hydrogen-bond acceptors (Lipinski definition) is 9. The van der Waals surface area contributed by atoms with Crippen molar-refractivity contribution in [2.75, 3.05) is 75.1 Å². The van der Waals surface area contributed by atoms with Crippen molar-refractivity contribution in [2.24, 2.45) is 5.73 Å². The van der Waals surface area contributed by atoms with Gasteiger partial charge in [-0.3, -0.25) is 9.69 Å². The zero-order chi connectivity index (χ0) is 29.8. The molecule has 3 saturated heterocycles. The number of likely N-dealkylation sites (N-methyl/N-ethyl adjacent to an activating group) is 1. The van der Waals surface area contributed by atoms with E-state index in [2.05, 4.69) is 44.5 Å². The molecule has 10 heteroatoms. The number of rotatable bonds is 8. The molecule has 4 N–H and O–H groups in total. The lowest BCUT2D eigenvalue weighted by atomic mass is 10.0. The number of carbonyl (C=O) groups is 1. The molecule has 1 aromatic heterocycles. The van der Waals surface area contributed by atoms with Gasteiger partial charge in [-0.2, -0.15) is 0 Å². The third-order valence-corrected chi connectivity index (χ3v) is 9.11. The average Bonchev–Trinajstić information content (AvgIpc) is 3.03. The number of anilines is 4. The van der Waals surface area contributed by atoms with Crippen molar-refractivity contribution in [3.05, 3.63) is 59.8 Å². The van der Waals surface area contributed by atoms with E-state index in [1.807, 2.05) is 43.3 Å². The van der Waals surface area contributed by atoms with Crippen LogP contribution in [0.5, 0.6) is 0 Å². The summed E-state index contributed by atoms with van der Waals surface area (Å²) < 4.78 is 5.56. The quantitative estimate of drug-likeness (QED) is 0.360. The number of nitrogens with two attached hydrogens (primary N) is 1. The second-order valence-electron chi connectivity index (χ2n) is 12.1. The summed E-state index contributed by atoms with van der Waals surface area (Å²) in [5.74, 6) is 0.357. The summed E-state index contributed by atoms with van der Waals surface area (Å²) in [6.45, 7) is 10.2. The van der Waals surface area contributed by atoms with Gasteiger partial charge in [-0.25, -0.2) is 9.97 Å². The number of carbonyl (C=O) groups excluding carboxylic acids is 1. The maximum Gasteiger partial charge on any atom is 0.271 e. The van der Waals surface area contributed by atoms with E-state index in [1.165, 1.54) is 31.6 Å². The Balaban J connectivity index is 1.20. The molecule has 10 nitrogen and oxygen atoms in total. The van der Waals surface area contributed by atoms with Gasteiger partial charge >= 0.3 is 0 Å². The van der Waals surface area contributed by atoms with Gasteiger partial charge in [0.1, 0.15) is 5.69 Å². The van der Waals surface area contributed by atoms with Crippen LogP contribution in [0.4, 0.5) is 23.0 Å². The third-order valence-electron chi connectivity index (χ3n) is 9.11. The predicted octanol–water partition coefficient (Wildman–Crippen LogP) is 4.10. The summed E-state index contributed by atoms with van der Waals surface area (Å²) in [6.07, 6.45) is 4.14. The van der Waals surface area contributed by atoms with Gasteiger partial charge in [-0.05, 0) is 69.5 Å². The molecule has 0 spiro atoms. The topological polar surface area (TPSA) is 112 Å². The molecule has 0 radical (unpaired) electrons. The molecule has 3 aliphatic rings. The van der Waals surface area contributed by atoms with Gasteiger partial charge in [0, 0.05) is 81.5 Å². The van der Waals surface area contributed by atoms with E-state index < -0.39 is 5.91 Å². The lowest BCUT2D eigenvalue weighted by Gasteiger charge is -2.42. The molecule has 3 aromatic rings. The van der Waals surface area contributed by atoms with Gasteiger partial charge in [0.15, 0.2) is 17.3 Å². The number of piperidine rings is 1. The van der Waals surface area contributed by atoms with Crippen LogP contribution in [-0.4, -0.2) is 97.3 Å². The second-order valence-corrected chi connectivity index (χ2v) is 12.1. The summed E-state index contributed by atoms with van der Waals surface area (Å²) >= 11 is 0. The fourth-order valence-corrected chi connectivity index (χ4v) is 6.43. The van der Waals surface area contributed by atoms with Crippen LogP contribution in [-0.2, 0) is 4.74 Å². The van der Waals surface area contributed by atoms with E-state index >= 15 is 0 Å². The second kappa shape index (κ2) is 13.3. The van der Waals surface area contributed by atoms with Crippen molar-refractivity contribution in [1.82, 2.24) is 19.8 Å². The highest BCUT2D eigenvalue weighted by molar-refractivity contribution is 5.97. The van der Waals surface area contributed by atoms with Gasteiger partial charge in [0.05, 0.1) is 0 Å². The van der Waals surface area contributed by atoms with Crippen LogP contribution in [0.3, 0.4) is 0 Å². The Hall–Kier alpha value is -3.73. The molecular weight excluding hydrogens is 540 g/mol. The minimum atomic E-state index is -0.623. The molecule has 6 rings (SSSR count). The number of benzene rings is 2. The summed E-state index contributed by atoms with van der Waals surface area (Å²) in [6, 6.07) is 17.2. The first-order chi connectivity index (χ1) is 20.9. The maximum absolute atomic E-state index is 12.6. The largest absolute Gasteiger partial charge is 0.381 e. The summed E-state index contributed by atoms with van der Waals surface area (Å²) in [5.41, 5.74) is 10.6. The Bertz CT molecular complexity index is 1390. The highest BCUT2D eigenvalue weighted by atomic mass is 16.5. The van der Waals surface area contributed by atoms with Crippen molar-refractivity contribution in [2.45, 2.75) is 44.7 Å². The van der Waals surface area contributed by atoms with E-state index in [-0.39, 0.29) is 11.7 Å². The van der Waals surface area contributed by atoms with Crippen LogP contribution in [0.15, 0.2) is 48.5 Å². The number of amides is 1. The van der Waals surface area contributed by atoms with E-state index in [9.17, 15) is 4.79 Å². The molecule has 0 saturated carbocycles. The van der Waals surface area contributed by atoms with Gasteiger partial charge in [0.25, 0.3) is 5.91 Å². The smallest absolute Gasteiger partial charge is 0.271 e. The Morgan fingerprint density at radius 2 is 1.58 bits per heavy atom. The molecule has 0 aliphatic carbocycles. The minimum Gasteiger partial charge on any atom is -0.381 e. The lowest BCUT2D eigenvalue weighted by Crippen LogP contribution is -2.52. The predicted molar refractivity (Wildman–Crippen MR) is 172 cm³/mol. The van der Waals surface area contributed by atoms with Crippen LogP contribution in [0.2, 0.25) is 0 Å². The van der Waals surface area contributed by atoms with Crippen LogP contribution in [0.1, 0.15) is 41.7 Å². The first-order valence-corrected chi connectivity index (χ1v) is 15.6. The third kappa shape index (κ3) is 6.92. The van der Waals surface area contributed by atoms with Gasteiger partial charge in [-0.15, -0.1) is 0 Å². The van der Waals surface area contributed by atoms with Gasteiger partial charge < -0.3 is 30.9 Å². The van der Waals surface area contributed by atoms with Crippen LogP contribution in [0, 0.1) is 6.92 Å². The van der Waals surface area contributed by atoms with Crippen molar-refractivity contribution in [3.63, 3.8) is 0 Å². The molecule has 43 heavy (non-hydrogen) atoms. The van der Waals surface area contributed by atoms with Crippen LogP contribution in [0.25, 0.3) is 11.3 Å². The van der Waals surface area contributed by atoms with Crippen LogP contribution < -0.4 is 21.3 Å². The summed E-state index contributed by atoms with van der Waals surface area (Å²) in [4.78, 5) is 29.9. The summed E-state index contributed by atoms with van der Waals surface area (Å²) in [5, 5.41) is 6.93. The van der Waals surface area contributed by atoms with Crippen molar-refractivity contribution < 1.29 is 9.53 Å². The number of ether oxygens (including phenoxy) is 1. The van der Waals surface area contributed by atoms with Crippen LogP contribution >= 0.6 is 0 Å². The molecule has 1 amide bonds. The summed E-state index contributed by atoms with van der Waals surface area (Å²) in [7, 11) is 2.21. The lowest BCUT2D eigenvalue weighted by molar-refractivity contribution is 0.0904. The Morgan fingerprint density at radius 1 is 0.884 bits per heavy atom. The zero-order valence-corrected chi connectivity index (χ0v) is 25.4. The number of primary amides is 1. The Labute approximate surface area is 254 Å². The van der Waals surface area contributed by atoms with Gasteiger partial charge in [0.2, 0.25) is 0 Å². The normalized spacial score (nSPS) is 19.3. The monoisotopic (exact) mass is 584 g/mol. The molecule has 3 fully saturated rings. The van der Waals surface area contributed by atoms with E-state index in [4.69, 9.17) is 20.4 Å². The molecule has 3 aliphatic heterocycles. The Morgan fingerprint density at radius 3 is 2.26 bits per heavy atom. The zero-order valence-electron chi connectivity index (χ0n) is 25.4. The van der Waals surface area contributed by atoms with E-state index in [0.29, 0.717) is 36.6 Å². The molecule has 2 aromatic carbocycles. The molecule has 0 bridgehead atoms. The van der Waals surface area contributed by atoms with Crippen molar-refractivity contribution in [1.29, 1.82) is 0 Å². The molecule has 0 unspecified atom stereocenters. The fraction of sp³-hybridized carbons (Fsp3) is 0.485. The number of piperazine rings is 1. The number of aromatic nitrogens is 2. The van der Waals surface area contributed by atoms with E-state index in [0.717, 1.165) is 55.8 Å². The molecule has 4 heterocycles. The van der Waals surface area contributed by atoms with Crippen molar-refractivity contribution in [3.8, 4) is 11.3 Å². The highest BCUT2D eigenvalue weighted by Crippen LogP contribution is 2.33. The van der Waals surface area contributed by atoms with E-state index in [1.54, 1.807) is 0 Å². The number of nitrogens with zero attached hydrogens (tertiary/aromatic N) is 5. The SMILES string of the molecule is Cc1ccccc1-c1nc(C(N)=O)c(Nc2ccc(N3CCC(N4CCN(C)CC4)CC3)cc2)nc1NC1CCOCC1. The van der Waals surface area contributed by atoms with Gasteiger partial charge in [-0.1, -0.05) is 24.3 Å². The first kappa shape index (κ1) is 29.3. The molecule has 0 atom stereocenters. The molecular formula is C33H44N8O2. The maximum atomic E-state index is 12.6. The molecule has 228 valence electrons. The van der Waals surface area contributed by atoms with Crippen molar-refractivity contribution >= 4 is 28.9 Å². The Kier molecular flexibility index (Phi) is 9.06. The number of hydrogen-bond donors (Lipinski definition) is 3. The number of aryl methyl sites for hydroxylation is 1. The highest BCUT2D eigenvalue weighted by Gasteiger charge is 2.27. The fourth-order valence-electron chi connectivity index (χ4n) is 6.43. The minimum absolute atomic E-state index is 0.117. The standard InChI is InChI=1S/C33H44N8O2/c1-23-5-3-4-6-28(23)29-32(36-25-13-21-43-22-14-25)38-33(30(37-29)31(34)42)35-24-7-9-26(10-8-24)40-15-11-27(12-16-40)41-19-17-39(2)18-20-41/h3-10,25,27H,11-22H2,1-2H3,(H2,34,42)(H2,35,36,38). The average molecular weight is 585 g/mol. The number of nitrogens with one attached hydrogen (secondary N) is 2.